The number of carbonyl (C=O) groups is 2. The van der Waals surface area contributed by atoms with Crippen LogP contribution in [-0.2, 0) is 22.6 Å². The van der Waals surface area contributed by atoms with Crippen molar-refractivity contribution in [2.24, 2.45) is 0 Å². The summed E-state index contributed by atoms with van der Waals surface area (Å²) in [6.07, 6.45) is 2.57. The van der Waals surface area contributed by atoms with Gasteiger partial charge in [0.1, 0.15) is 18.5 Å². The molecular weight excluding hydrogens is 422 g/mol. The second kappa shape index (κ2) is 8.48. The van der Waals surface area contributed by atoms with Gasteiger partial charge in [0.2, 0.25) is 5.91 Å². The first-order chi connectivity index (χ1) is 16.0. The van der Waals surface area contributed by atoms with Gasteiger partial charge >= 0.3 is 5.97 Å². The third-order valence-electron chi connectivity index (χ3n) is 5.97. The Hall–Kier alpha value is -4.03. The molecule has 33 heavy (non-hydrogen) atoms. The third kappa shape index (κ3) is 4.47. The summed E-state index contributed by atoms with van der Waals surface area (Å²) < 4.78 is 6.56. The molecule has 0 atom stereocenters. The number of carbonyl (C=O) groups excluding carboxylic acids is 2. The van der Waals surface area contributed by atoms with Gasteiger partial charge in [0, 0.05) is 37.1 Å². The topological polar surface area (TPSA) is 110 Å². The van der Waals surface area contributed by atoms with Gasteiger partial charge in [0.05, 0.1) is 17.7 Å². The van der Waals surface area contributed by atoms with Crippen molar-refractivity contribution in [3.8, 4) is 17.5 Å². The fourth-order valence-corrected chi connectivity index (χ4v) is 3.98. The van der Waals surface area contributed by atoms with Crippen LogP contribution in [0.15, 0.2) is 48.8 Å². The van der Waals surface area contributed by atoms with E-state index in [1.807, 2.05) is 30.3 Å². The molecule has 3 heterocycles. The molecule has 0 unspecified atom stereocenters. The smallest absolute Gasteiger partial charge is 0.338 e. The number of nitrogens with zero attached hydrogens (tertiary/aromatic N) is 5. The minimum atomic E-state index is -1.14. The minimum Gasteiger partial charge on any atom is -0.457 e. The first-order valence-corrected chi connectivity index (χ1v) is 10.6. The molecule has 1 saturated heterocycles. The summed E-state index contributed by atoms with van der Waals surface area (Å²) in [5.74, 6) is 5.68. The van der Waals surface area contributed by atoms with E-state index in [1.165, 1.54) is 6.33 Å². The number of tetrazole rings is 1. The number of cyclic esters (lactones) is 1. The monoisotopic (exact) mass is 443 g/mol. The molecular formula is C24H21N5O4. The van der Waals surface area contributed by atoms with Gasteiger partial charge in [0.25, 0.3) is 0 Å². The van der Waals surface area contributed by atoms with Crippen molar-refractivity contribution in [3.05, 3.63) is 71.0 Å². The molecule has 1 fully saturated rings. The first kappa shape index (κ1) is 20.8. The van der Waals surface area contributed by atoms with Gasteiger partial charge in [-0.25, -0.2) is 9.48 Å². The average Bonchev–Trinajstić information content (AvgIpc) is 3.49. The maximum Gasteiger partial charge on any atom is 0.338 e. The Labute approximate surface area is 190 Å². The number of fused-ring (bicyclic) bond motifs is 1. The number of likely N-dealkylation sites (tertiary alicyclic amines) is 1. The summed E-state index contributed by atoms with van der Waals surface area (Å²) in [6, 6.07) is 12.8. The number of piperidine rings is 1. The van der Waals surface area contributed by atoms with E-state index in [4.69, 9.17) is 4.74 Å². The molecule has 0 saturated carbocycles. The highest BCUT2D eigenvalue weighted by atomic mass is 16.5. The van der Waals surface area contributed by atoms with E-state index >= 15 is 0 Å². The van der Waals surface area contributed by atoms with E-state index in [1.54, 1.807) is 21.7 Å². The van der Waals surface area contributed by atoms with Crippen molar-refractivity contribution >= 4 is 11.9 Å². The molecule has 9 nitrogen and oxygen atoms in total. The predicted molar refractivity (Wildman–Crippen MR) is 116 cm³/mol. The van der Waals surface area contributed by atoms with Crippen LogP contribution in [0.2, 0.25) is 0 Å². The predicted octanol–water partition coefficient (Wildman–Crippen LogP) is 1.28. The van der Waals surface area contributed by atoms with Crippen molar-refractivity contribution in [2.45, 2.75) is 31.5 Å². The zero-order valence-corrected chi connectivity index (χ0v) is 17.8. The maximum atomic E-state index is 12.7. The van der Waals surface area contributed by atoms with Crippen molar-refractivity contribution < 1.29 is 19.4 Å². The van der Waals surface area contributed by atoms with Crippen LogP contribution in [0.4, 0.5) is 0 Å². The summed E-state index contributed by atoms with van der Waals surface area (Å²) in [5.41, 5.74) is 2.68. The van der Waals surface area contributed by atoms with Crippen LogP contribution in [0.25, 0.3) is 5.69 Å². The lowest BCUT2D eigenvalue weighted by atomic mass is 9.91. The zero-order chi connectivity index (χ0) is 22.8. The largest absolute Gasteiger partial charge is 0.457 e. The Kier molecular flexibility index (Phi) is 5.36. The molecule has 0 spiro atoms. The summed E-state index contributed by atoms with van der Waals surface area (Å²) in [4.78, 5) is 26.1. The van der Waals surface area contributed by atoms with Gasteiger partial charge in [-0.2, -0.15) is 0 Å². The van der Waals surface area contributed by atoms with Crippen LogP contribution in [0.1, 0.15) is 39.9 Å². The van der Waals surface area contributed by atoms with E-state index in [0.717, 1.165) is 22.4 Å². The molecule has 1 amide bonds. The van der Waals surface area contributed by atoms with Crippen LogP contribution in [-0.4, -0.2) is 60.8 Å². The Morgan fingerprint density at radius 3 is 2.67 bits per heavy atom. The van der Waals surface area contributed by atoms with Gasteiger partial charge in [-0.1, -0.05) is 24.0 Å². The highest BCUT2D eigenvalue weighted by Crippen LogP contribution is 2.24. The lowest BCUT2D eigenvalue weighted by Gasteiger charge is -2.35. The molecule has 9 heteroatoms. The minimum absolute atomic E-state index is 0.0171. The highest BCUT2D eigenvalue weighted by Gasteiger charge is 2.32. The van der Waals surface area contributed by atoms with E-state index < -0.39 is 5.60 Å². The number of aliphatic hydroxyl groups is 1. The molecule has 5 rings (SSSR count). The second-order valence-corrected chi connectivity index (χ2v) is 8.21. The second-order valence-electron chi connectivity index (χ2n) is 8.21. The number of rotatable bonds is 3. The third-order valence-corrected chi connectivity index (χ3v) is 5.97. The summed E-state index contributed by atoms with van der Waals surface area (Å²) in [5, 5.41) is 21.9. The van der Waals surface area contributed by atoms with Gasteiger partial charge in [-0.3, -0.25) is 4.79 Å². The summed E-state index contributed by atoms with van der Waals surface area (Å²) in [7, 11) is 0. The van der Waals surface area contributed by atoms with Gasteiger partial charge < -0.3 is 14.7 Å². The summed E-state index contributed by atoms with van der Waals surface area (Å²) in [6.45, 7) is 1.14. The molecule has 2 aromatic carbocycles. The number of esters is 1. The maximum absolute atomic E-state index is 12.7. The molecule has 1 N–H and O–H groups in total. The number of benzene rings is 2. The standard InChI is InChI=1S/C24H21N5O4/c30-22(14-17-1-4-20(5-2-17)29-16-25-26-27-29)28-11-9-24(32,10-12-28)8-7-18-3-6-21-19(13-18)15-33-23(21)31/h1-6,13,16,32H,9-12,14-15H2. The fourth-order valence-electron chi connectivity index (χ4n) is 3.98. The van der Waals surface area contributed by atoms with E-state index in [9.17, 15) is 14.7 Å². The zero-order valence-electron chi connectivity index (χ0n) is 17.8. The molecule has 1 aromatic heterocycles. The molecule has 0 radical (unpaired) electrons. The molecule has 0 aliphatic carbocycles. The Morgan fingerprint density at radius 2 is 1.94 bits per heavy atom. The van der Waals surface area contributed by atoms with Gasteiger partial charge in [-0.05, 0) is 46.3 Å². The Bertz CT molecular complexity index is 1250. The normalized spacial score (nSPS) is 16.5. The van der Waals surface area contributed by atoms with E-state index in [0.29, 0.717) is 31.5 Å². The molecule has 0 bridgehead atoms. The lowest BCUT2D eigenvalue weighted by Crippen LogP contribution is -2.46. The van der Waals surface area contributed by atoms with Crippen molar-refractivity contribution in [1.82, 2.24) is 25.1 Å². The average molecular weight is 443 g/mol. The SMILES string of the molecule is O=C1OCc2cc(C#CC3(O)CCN(C(=O)Cc4ccc(-n5cnnn5)cc4)CC3)ccc21. The van der Waals surface area contributed by atoms with Crippen LogP contribution in [0, 0.1) is 11.8 Å². The molecule has 2 aliphatic heterocycles. The number of hydrogen-bond acceptors (Lipinski definition) is 7. The van der Waals surface area contributed by atoms with Crippen LogP contribution in [0.5, 0.6) is 0 Å². The number of aromatic nitrogens is 4. The van der Waals surface area contributed by atoms with E-state index in [2.05, 4.69) is 27.4 Å². The van der Waals surface area contributed by atoms with E-state index in [-0.39, 0.29) is 24.9 Å². The number of hydrogen-bond donors (Lipinski definition) is 1. The van der Waals surface area contributed by atoms with Crippen LogP contribution >= 0.6 is 0 Å². The summed E-state index contributed by atoms with van der Waals surface area (Å²) >= 11 is 0. The van der Waals surface area contributed by atoms with Crippen LogP contribution in [0.3, 0.4) is 0 Å². The van der Waals surface area contributed by atoms with Crippen molar-refractivity contribution in [1.29, 1.82) is 0 Å². The van der Waals surface area contributed by atoms with Gasteiger partial charge in [0.15, 0.2) is 0 Å². The fraction of sp³-hybridized carbons (Fsp3) is 0.292. The highest BCUT2D eigenvalue weighted by molar-refractivity contribution is 5.93. The number of amides is 1. The number of ether oxygens (including phenoxy) is 1. The Balaban J connectivity index is 1.17. The molecule has 3 aromatic rings. The van der Waals surface area contributed by atoms with Crippen molar-refractivity contribution in [2.75, 3.05) is 13.1 Å². The Morgan fingerprint density at radius 1 is 1.15 bits per heavy atom. The first-order valence-electron chi connectivity index (χ1n) is 10.6. The van der Waals surface area contributed by atoms with Crippen molar-refractivity contribution in [3.63, 3.8) is 0 Å². The molecule has 2 aliphatic rings. The van der Waals surface area contributed by atoms with Crippen LogP contribution < -0.4 is 0 Å². The quantitative estimate of drug-likeness (QED) is 0.480. The van der Waals surface area contributed by atoms with Gasteiger partial charge in [-0.15, -0.1) is 5.10 Å². The molecule has 166 valence electrons. The lowest BCUT2D eigenvalue weighted by molar-refractivity contribution is -0.133.